The molecule has 0 radical (unpaired) electrons. The number of halogens is 1. The fraction of sp³-hybridized carbons (Fsp3) is 0.444. The zero-order chi connectivity index (χ0) is 17.2. The maximum absolute atomic E-state index is 4.61. The minimum atomic E-state index is 0. The van der Waals surface area contributed by atoms with Gasteiger partial charge in [0.05, 0.1) is 11.0 Å². The first-order chi connectivity index (χ1) is 11.8. The number of aliphatic imine (C=N–C) groups is 1. The van der Waals surface area contributed by atoms with Crippen molar-refractivity contribution in [3.05, 3.63) is 42.7 Å². The number of nitrogens with zero attached hydrogens (tertiary/aromatic N) is 3. The van der Waals surface area contributed by atoms with E-state index in [1.165, 1.54) is 5.52 Å². The Kier molecular flexibility index (Phi) is 10.6. The number of thioether (sulfide) groups is 1. The molecule has 0 unspecified atom stereocenters. The van der Waals surface area contributed by atoms with Gasteiger partial charge in [-0.15, -0.1) is 30.6 Å². The summed E-state index contributed by atoms with van der Waals surface area (Å²) in [5.74, 6) is 3.97. The highest BCUT2D eigenvalue weighted by Gasteiger charge is 2.06. The van der Waals surface area contributed by atoms with Crippen LogP contribution in [0.25, 0.3) is 11.0 Å². The molecule has 0 bridgehead atoms. The molecule has 0 saturated heterocycles. The van der Waals surface area contributed by atoms with Crippen LogP contribution < -0.4 is 10.6 Å². The molecule has 138 valence electrons. The molecule has 1 aromatic heterocycles. The fourth-order valence-electron chi connectivity index (χ4n) is 2.55. The summed E-state index contributed by atoms with van der Waals surface area (Å²) < 4.78 is 2.28. The van der Waals surface area contributed by atoms with Gasteiger partial charge in [0, 0.05) is 38.2 Å². The van der Waals surface area contributed by atoms with Gasteiger partial charge in [0.25, 0.3) is 0 Å². The molecule has 2 rings (SSSR count). The van der Waals surface area contributed by atoms with Crippen LogP contribution in [0.15, 0.2) is 41.9 Å². The summed E-state index contributed by atoms with van der Waals surface area (Å²) in [4.78, 5) is 8.86. The average Bonchev–Trinajstić information content (AvgIpc) is 2.92. The third-order valence-corrected chi connectivity index (χ3v) is 4.66. The van der Waals surface area contributed by atoms with Crippen molar-refractivity contribution in [3.63, 3.8) is 0 Å². The predicted molar refractivity (Wildman–Crippen MR) is 121 cm³/mol. The van der Waals surface area contributed by atoms with Gasteiger partial charge in [-0.05, 0) is 25.5 Å². The summed E-state index contributed by atoms with van der Waals surface area (Å²) in [7, 11) is 1.81. The Bertz CT molecular complexity index is 683. The van der Waals surface area contributed by atoms with Crippen molar-refractivity contribution in [1.82, 2.24) is 20.2 Å². The van der Waals surface area contributed by atoms with Crippen LogP contribution in [0.1, 0.15) is 12.2 Å². The van der Waals surface area contributed by atoms with Crippen molar-refractivity contribution in [1.29, 1.82) is 0 Å². The SMILES string of the molecule is C=CCSCCNC(=NC)NCCCn1c(C)nc2ccccc21.I. The molecule has 5 nitrogen and oxygen atoms in total. The lowest BCUT2D eigenvalue weighted by atomic mass is 10.3. The number of aromatic nitrogens is 2. The third-order valence-electron chi connectivity index (χ3n) is 3.69. The van der Waals surface area contributed by atoms with E-state index >= 15 is 0 Å². The molecule has 7 heteroatoms. The van der Waals surface area contributed by atoms with E-state index < -0.39 is 0 Å². The first-order valence-corrected chi connectivity index (χ1v) is 9.46. The molecular weight excluding hydrogens is 445 g/mol. The van der Waals surface area contributed by atoms with E-state index in [1.807, 2.05) is 23.9 Å². The molecule has 0 amide bonds. The maximum atomic E-state index is 4.61. The Hall–Kier alpha value is -1.22. The number of para-hydroxylation sites is 2. The molecule has 0 fully saturated rings. The highest BCUT2D eigenvalue weighted by molar-refractivity contribution is 14.0. The van der Waals surface area contributed by atoms with Gasteiger partial charge in [0.1, 0.15) is 5.82 Å². The average molecular weight is 473 g/mol. The summed E-state index contributed by atoms with van der Waals surface area (Å²) in [5.41, 5.74) is 2.27. The predicted octanol–water partition coefficient (Wildman–Crippen LogP) is 3.44. The van der Waals surface area contributed by atoms with E-state index in [0.717, 1.165) is 54.9 Å². The zero-order valence-electron chi connectivity index (χ0n) is 15.0. The smallest absolute Gasteiger partial charge is 0.191 e. The standard InChI is InChI=1S/C18H27N5S.HI/c1-4-13-24-14-11-21-18(19-3)20-10-7-12-23-15(2)22-16-8-5-6-9-17(16)23;/h4-6,8-9H,1,7,10-14H2,2-3H3,(H2,19,20,21);1H. The minimum absolute atomic E-state index is 0. The van der Waals surface area contributed by atoms with Crippen molar-refractivity contribution in [2.24, 2.45) is 4.99 Å². The number of rotatable bonds is 9. The second kappa shape index (κ2) is 12.2. The lowest BCUT2D eigenvalue weighted by Gasteiger charge is -2.12. The van der Waals surface area contributed by atoms with E-state index in [9.17, 15) is 0 Å². The molecule has 0 spiro atoms. The first kappa shape index (κ1) is 21.8. The van der Waals surface area contributed by atoms with Gasteiger partial charge in [0.2, 0.25) is 0 Å². The van der Waals surface area contributed by atoms with Crippen LogP contribution in [0.2, 0.25) is 0 Å². The molecular formula is C18H28IN5S. The van der Waals surface area contributed by atoms with Crippen molar-refractivity contribution in [3.8, 4) is 0 Å². The molecule has 0 aliphatic rings. The number of imidazole rings is 1. The Balaban J connectivity index is 0.00000312. The van der Waals surface area contributed by atoms with Crippen LogP contribution in [0.4, 0.5) is 0 Å². The van der Waals surface area contributed by atoms with Gasteiger partial charge in [-0.2, -0.15) is 11.8 Å². The van der Waals surface area contributed by atoms with Gasteiger partial charge in [0.15, 0.2) is 5.96 Å². The number of benzene rings is 1. The Morgan fingerprint density at radius 1 is 1.32 bits per heavy atom. The van der Waals surface area contributed by atoms with E-state index in [0.29, 0.717) is 0 Å². The van der Waals surface area contributed by atoms with Crippen LogP contribution in [0.5, 0.6) is 0 Å². The molecule has 0 atom stereocenters. The number of hydrogen-bond acceptors (Lipinski definition) is 3. The third kappa shape index (κ3) is 6.89. The number of fused-ring (bicyclic) bond motifs is 1. The largest absolute Gasteiger partial charge is 0.356 e. The van der Waals surface area contributed by atoms with Crippen molar-refractivity contribution in [2.45, 2.75) is 19.9 Å². The lowest BCUT2D eigenvalue weighted by Crippen LogP contribution is -2.39. The topological polar surface area (TPSA) is 54.2 Å². The molecule has 1 heterocycles. The van der Waals surface area contributed by atoms with Gasteiger partial charge < -0.3 is 15.2 Å². The number of nitrogens with one attached hydrogen (secondary N) is 2. The van der Waals surface area contributed by atoms with Crippen molar-refractivity contribution >= 4 is 52.7 Å². The maximum Gasteiger partial charge on any atom is 0.191 e. The first-order valence-electron chi connectivity index (χ1n) is 8.31. The Morgan fingerprint density at radius 2 is 2.08 bits per heavy atom. The molecule has 0 aliphatic heterocycles. The number of hydrogen-bond donors (Lipinski definition) is 2. The normalized spacial score (nSPS) is 11.2. The highest BCUT2D eigenvalue weighted by atomic mass is 127. The summed E-state index contributed by atoms with van der Waals surface area (Å²) in [5, 5.41) is 6.69. The molecule has 2 N–H and O–H groups in total. The van der Waals surface area contributed by atoms with Gasteiger partial charge in [-0.1, -0.05) is 18.2 Å². The molecule has 25 heavy (non-hydrogen) atoms. The van der Waals surface area contributed by atoms with E-state index in [1.54, 1.807) is 7.05 Å². The van der Waals surface area contributed by atoms with Gasteiger partial charge >= 0.3 is 0 Å². The summed E-state index contributed by atoms with van der Waals surface area (Å²) >= 11 is 1.86. The Labute approximate surface area is 171 Å². The van der Waals surface area contributed by atoms with Crippen LogP contribution in [0.3, 0.4) is 0 Å². The lowest BCUT2D eigenvalue weighted by molar-refractivity contribution is 0.625. The van der Waals surface area contributed by atoms with E-state index in [2.05, 4.69) is 56.9 Å². The van der Waals surface area contributed by atoms with Crippen LogP contribution in [0, 0.1) is 6.92 Å². The van der Waals surface area contributed by atoms with E-state index in [-0.39, 0.29) is 24.0 Å². The number of aryl methyl sites for hydroxylation is 2. The zero-order valence-corrected chi connectivity index (χ0v) is 18.1. The summed E-state index contributed by atoms with van der Waals surface area (Å²) in [6.45, 7) is 8.52. The monoisotopic (exact) mass is 473 g/mol. The molecule has 1 aromatic carbocycles. The second-order valence-corrected chi connectivity index (χ2v) is 6.59. The van der Waals surface area contributed by atoms with Crippen molar-refractivity contribution in [2.75, 3.05) is 31.6 Å². The van der Waals surface area contributed by atoms with E-state index in [4.69, 9.17) is 0 Å². The second-order valence-electron chi connectivity index (χ2n) is 5.44. The molecule has 0 saturated carbocycles. The van der Waals surface area contributed by atoms with Crippen LogP contribution in [-0.2, 0) is 6.54 Å². The highest BCUT2D eigenvalue weighted by Crippen LogP contribution is 2.15. The molecule has 2 aromatic rings. The number of guanidine groups is 1. The molecule has 0 aliphatic carbocycles. The quantitative estimate of drug-likeness (QED) is 0.193. The summed E-state index contributed by atoms with van der Waals surface area (Å²) in [6.07, 6.45) is 2.95. The summed E-state index contributed by atoms with van der Waals surface area (Å²) in [6, 6.07) is 8.29. The fourth-order valence-corrected chi connectivity index (χ4v) is 3.13. The van der Waals surface area contributed by atoms with Gasteiger partial charge in [-0.25, -0.2) is 4.98 Å². The van der Waals surface area contributed by atoms with Crippen molar-refractivity contribution < 1.29 is 0 Å². The van der Waals surface area contributed by atoms with Crippen LogP contribution >= 0.6 is 35.7 Å². The van der Waals surface area contributed by atoms with Gasteiger partial charge in [-0.3, -0.25) is 4.99 Å². The van der Waals surface area contributed by atoms with Crippen LogP contribution in [-0.4, -0.2) is 47.2 Å². The minimum Gasteiger partial charge on any atom is -0.356 e. The Morgan fingerprint density at radius 3 is 2.84 bits per heavy atom.